The van der Waals surface area contributed by atoms with Crippen molar-refractivity contribution in [3.05, 3.63) is 34.9 Å². The second-order valence-electron chi connectivity index (χ2n) is 2.94. The minimum Gasteiger partial charge on any atom is -0.481 e. The molecular weight excluding hydrogens is 239 g/mol. The Morgan fingerprint density at radius 1 is 1.40 bits per heavy atom. The number of alkyl halides is 1. The Morgan fingerprint density at radius 2 is 2.07 bits per heavy atom. The van der Waals surface area contributed by atoms with E-state index in [1.54, 1.807) is 18.2 Å². The summed E-state index contributed by atoms with van der Waals surface area (Å²) in [5.74, 6) is -1.54. The number of rotatable bonds is 4. The summed E-state index contributed by atoms with van der Waals surface area (Å²) >= 11 is 11.3. The first-order valence-electron chi connectivity index (χ1n) is 4.16. The maximum atomic E-state index is 11.6. The SMILES string of the molecule is O=C(O)CC(Cl)C(=O)c1cccc(Cl)c1. The third-order valence-electron chi connectivity index (χ3n) is 1.75. The van der Waals surface area contributed by atoms with E-state index < -0.39 is 23.6 Å². The van der Waals surface area contributed by atoms with Gasteiger partial charge in [0.2, 0.25) is 0 Å². The highest BCUT2D eigenvalue weighted by atomic mass is 35.5. The summed E-state index contributed by atoms with van der Waals surface area (Å²) in [6.07, 6.45) is -0.396. The lowest BCUT2D eigenvalue weighted by molar-refractivity contribution is -0.136. The average molecular weight is 247 g/mol. The van der Waals surface area contributed by atoms with E-state index in [9.17, 15) is 9.59 Å². The van der Waals surface area contributed by atoms with Crippen molar-refractivity contribution < 1.29 is 14.7 Å². The summed E-state index contributed by atoms with van der Waals surface area (Å²) in [4.78, 5) is 21.9. The van der Waals surface area contributed by atoms with Crippen LogP contribution in [-0.2, 0) is 4.79 Å². The summed E-state index contributed by atoms with van der Waals surface area (Å²) in [6.45, 7) is 0. The summed E-state index contributed by atoms with van der Waals surface area (Å²) in [5.41, 5.74) is 0.323. The molecule has 1 unspecified atom stereocenters. The minimum atomic E-state index is -1.11. The largest absolute Gasteiger partial charge is 0.481 e. The predicted molar refractivity (Wildman–Crippen MR) is 57.7 cm³/mol. The number of Topliss-reactive ketones (excluding diaryl/α,β-unsaturated/α-hetero) is 1. The number of carbonyl (C=O) groups is 2. The Morgan fingerprint density at radius 3 is 2.60 bits per heavy atom. The summed E-state index contributed by atoms with van der Waals surface area (Å²) in [6, 6.07) is 6.24. The molecule has 0 heterocycles. The summed E-state index contributed by atoms with van der Waals surface area (Å²) in [7, 11) is 0. The molecule has 0 bridgehead atoms. The van der Waals surface area contributed by atoms with Crippen LogP contribution >= 0.6 is 23.2 Å². The first-order valence-corrected chi connectivity index (χ1v) is 4.98. The zero-order valence-electron chi connectivity index (χ0n) is 7.61. The normalized spacial score (nSPS) is 12.1. The lowest BCUT2D eigenvalue weighted by Gasteiger charge is -2.05. The van der Waals surface area contributed by atoms with E-state index in [1.165, 1.54) is 6.07 Å². The minimum absolute atomic E-state index is 0.323. The van der Waals surface area contributed by atoms with Crippen molar-refractivity contribution in [1.82, 2.24) is 0 Å². The standard InChI is InChI=1S/C10H8Cl2O3/c11-7-3-1-2-6(4-7)10(15)8(12)5-9(13)14/h1-4,8H,5H2,(H,13,14). The fourth-order valence-electron chi connectivity index (χ4n) is 1.07. The molecule has 1 aromatic rings. The van der Waals surface area contributed by atoms with Crippen LogP contribution < -0.4 is 0 Å². The van der Waals surface area contributed by atoms with Crippen LogP contribution in [-0.4, -0.2) is 22.2 Å². The Bertz CT molecular complexity index is 390. The molecule has 0 aliphatic heterocycles. The van der Waals surface area contributed by atoms with Gasteiger partial charge in [-0.25, -0.2) is 0 Å². The van der Waals surface area contributed by atoms with Gasteiger partial charge in [0.25, 0.3) is 0 Å². The van der Waals surface area contributed by atoms with Crippen LogP contribution in [0.3, 0.4) is 0 Å². The molecule has 80 valence electrons. The topological polar surface area (TPSA) is 54.4 Å². The highest BCUT2D eigenvalue weighted by Crippen LogP contribution is 2.16. The highest BCUT2D eigenvalue weighted by molar-refractivity contribution is 6.35. The number of hydrogen-bond donors (Lipinski definition) is 1. The van der Waals surface area contributed by atoms with E-state index in [0.717, 1.165) is 0 Å². The van der Waals surface area contributed by atoms with Crippen molar-refractivity contribution in [2.45, 2.75) is 11.8 Å². The molecule has 1 atom stereocenters. The third kappa shape index (κ3) is 3.53. The van der Waals surface area contributed by atoms with Crippen molar-refractivity contribution in [2.24, 2.45) is 0 Å². The number of carboxylic acids is 1. The van der Waals surface area contributed by atoms with Gasteiger partial charge in [0.05, 0.1) is 6.42 Å². The van der Waals surface area contributed by atoms with Gasteiger partial charge in [0.15, 0.2) is 5.78 Å². The second-order valence-corrected chi connectivity index (χ2v) is 3.90. The molecule has 15 heavy (non-hydrogen) atoms. The number of aliphatic carboxylic acids is 1. The molecule has 0 aromatic heterocycles. The molecule has 0 saturated carbocycles. The van der Waals surface area contributed by atoms with Gasteiger partial charge in [-0.2, -0.15) is 0 Å². The third-order valence-corrected chi connectivity index (χ3v) is 2.34. The predicted octanol–water partition coefficient (Wildman–Crippen LogP) is 2.60. The van der Waals surface area contributed by atoms with Crippen LogP contribution in [0.25, 0.3) is 0 Å². The fourth-order valence-corrected chi connectivity index (χ4v) is 1.52. The van der Waals surface area contributed by atoms with Gasteiger partial charge in [-0.3, -0.25) is 9.59 Å². The number of carbonyl (C=O) groups excluding carboxylic acids is 1. The van der Waals surface area contributed by atoms with E-state index in [1.807, 2.05) is 0 Å². The van der Waals surface area contributed by atoms with E-state index in [4.69, 9.17) is 28.3 Å². The number of benzene rings is 1. The first-order chi connectivity index (χ1) is 7.00. The Hall–Kier alpha value is -1.06. The number of ketones is 1. The molecule has 0 saturated heterocycles. The summed E-state index contributed by atoms with van der Waals surface area (Å²) < 4.78 is 0. The van der Waals surface area contributed by atoms with Gasteiger partial charge in [0.1, 0.15) is 5.38 Å². The maximum absolute atomic E-state index is 11.6. The van der Waals surface area contributed by atoms with Gasteiger partial charge in [0, 0.05) is 10.6 Å². The Labute approximate surface area is 96.6 Å². The van der Waals surface area contributed by atoms with Crippen LogP contribution in [0.1, 0.15) is 16.8 Å². The van der Waals surface area contributed by atoms with Gasteiger partial charge < -0.3 is 5.11 Å². The molecule has 0 aliphatic carbocycles. The van der Waals surface area contributed by atoms with E-state index in [2.05, 4.69) is 0 Å². The quantitative estimate of drug-likeness (QED) is 0.657. The molecule has 0 radical (unpaired) electrons. The molecule has 1 rings (SSSR count). The molecule has 0 spiro atoms. The molecule has 0 aliphatic rings. The van der Waals surface area contributed by atoms with Gasteiger partial charge >= 0.3 is 5.97 Å². The van der Waals surface area contributed by atoms with Crippen LogP contribution in [0, 0.1) is 0 Å². The lowest BCUT2D eigenvalue weighted by Crippen LogP contribution is -2.18. The molecule has 0 fully saturated rings. The van der Waals surface area contributed by atoms with Crippen LogP contribution in [0.4, 0.5) is 0 Å². The van der Waals surface area contributed by atoms with Crippen molar-refractivity contribution >= 4 is 35.0 Å². The fraction of sp³-hybridized carbons (Fsp3) is 0.200. The molecule has 3 nitrogen and oxygen atoms in total. The first kappa shape index (κ1) is 12.0. The number of halogens is 2. The molecule has 1 aromatic carbocycles. The van der Waals surface area contributed by atoms with E-state index in [0.29, 0.717) is 10.6 Å². The van der Waals surface area contributed by atoms with Crippen LogP contribution in [0.5, 0.6) is 0 Å². The van der Waals surface area contributed by atoms with Gasteiger partial charge in [-0.1, -0.05) is 23.7 Å². The van der Waals surface area contributed by atoms with E-state index >= 15 is 0 Å². The smallest absolute Gasteiger partial charge is 0.305 e. The van der Waals surface area contributed by atoms with Crippen molar-refractivity contribution in [1.29, 1.82) is 0 Å². The number of carboxylic acid groups (broad SMARTS) is 1. The second kappa shape index (κ2) is 5.14. The highest BCUT2D eigenvalue weighted by Gasteiger charge is 2.20. The van der Waals surface area contributed by atoms with Crippen molar-refractivity contribution in [3.8, 4) is 0 Å². The Balaban J connectivity index is 2.80. The van der Waals surface area contributed by atoms with Crippen LogP contribution in [0.2, 0.25) is 5.02 Å². The molecular formula is C10H8Cl2O3. The lowest BCUT2D eigenvalue weighted by atomic mass is 10.1. The van der Waals surface area contributed by atoms with Gasteiger partial charge in [-0.15, -0.1) is 11.6 Å². The zero-order valence-corrected chi connectivity index (χ0v) is 9.13. The van der Waals surface area contributed by atoms with Gasteiger partial charge in [-0.05, 0) is 12.1 Å². The monoisotopic (exact) mass is 246 g/mol. The Kier molecular flexibility index (Phi) is 4.12. The number of hydrogen-bond acceptors (Lipinski definition) is 2. The summed E-state index contributed by atoms with van der Waals surface area (Å²) in [5, 5.41) is 7.83. The zero-order chi connectivity index (χ0) is 11.4. The molecule has 0 amide bonds. The maximum Gasteiger partial charge on any atom is 0.305 e. The average Bonchev–Trinajstić information content (AvgIpc) is 2.15. The molecule has 1 N–H and O–H groups in total. The van der Waals surface area contributed by atoms with Crippen molar-refractivity contribution in [2.75, 3.05) is 0 Å². The van der Waals surface area contributed by atoms with Crippen molar-refractivity contribution in [3.63, 3.8) is 0 Å². The molecule has 5 heteroatoms. The van der Waals surface area contributed by atoms with Crippen LogP contribution in [0.15, 0.2) is 24.3 Å². The van der Waals surface area contributed by atoms with E-state index in [-0.39, 0.29) is 0 Å².